The molecule has 28 aromatic rings. The molecule has 8 heteroatoms. The summed E-state index contributed by atoms with van der Waals surface area (Å²) in [7, 11) is 0. The zero-order chi connectivity index (χ0) is 87.5. The van der Waals surface area contributed by atoms with E-state index in [4.69, 9.17) is 26.5 Å². The monoisotopic (exact) mass is 1690 g/mol. The lowest BCUT2D eigenvalue weighted by atomic mass is 9.84. The molecule has 0 aliphatic rings. The van der Waals surface area contributed by atoms with Crippen LogP contribution in [0.2, 0.25) is 0 Å². The second kappa shape index (κ2) is 30.2. The molecular weight excluding hydrogens is 1610 g/mol. The van der Waals surface area contributed by atoms with E-state index in [2.05, 4.69) is 414 Å². The van der Waals surface area contributed by atoms with E-state index in [9.17, 15) is 0 Å². The van der Waals surface area contributed by atoms with E-state index in [1.165, 1.54) is 109 Å². The molecule has 0 fully saturated rings. The Morgan fingerprint density at radius 3 is 0.765 bits per heavy atom. The van der Waals surface area contributed by atoms with E-state index in [0.29, 0.717) is 0 Å². The quantitative estimate of drug-likeness (QED) is 0.112. The normalized spacial score (nSPS) is 11.9. The number of aryl methyl sites for hydroxylation is 4. The molecule has 0 unspecified atom stereocenters. The first-order valence-corrected chi connectivity index (χ1v) is 45.1. The summed E-state index contributed by atoms with van der Waals surface area (Å²) < 4.78 is 40.4. The molecule has 0 amide bonds. The number of hydrogen-bond donors (Lipinski definition) is 0. The van der Waals surface area contributed by atoms with Crippen molar-refractivity contribution >= 4 is 197 Å². The van der Waals surface area contributed by atoms with Crippen LogP contribution in [-0.2, 0) is 0 Å². The van der Waals surface area contributed by atoms with Crippen LogP contribution >= 0.6 is 0 Å². The zero-order valence-corrected chi connectivity index (χ0v) is 72.6. The van der Waals surface area contributed by atoms with Crippen LogP contribution < -0.4 is 9.80 Å². The molecule has 6 heterocycles. The van der Waals surface area contributed by atoms with Crippen molar-refractivity contribution in [3.8, 4) is 67.2 Å². The van der Waals surface area contributed by atoms with Gasteiger partial charge in [-0.1, -0.05) is 279 Å². The molecule has 0 saturated heterocycles. The number of rotatable bonds is 12. The second-order valence-electron chi connectivity index (χ2n) is 34.8. The van der Waals surface area contributed by atoms with E-state index in [1.807, 2.05) is 36.4 Å². The Labute approximate surface area is 758 Å². The number of benzene rings is 22. The second-order valence-corrected chi connectivity index (χ2v) is 34.8. The summed E-state index contributed by atoms with van der Waals surface area (Å²) >= 11 is 0. The van der Waals surface area contributed by atoms with Gasteiger partial charge in [0.25, 0.3) is 0 Å². The van der Waals surface area contributed by atoms with Crippen molar-refractivity contribution in [3.05, 3.63) is 435 Å². The Kier molecular flexibility index (Phi) is 17.4. The lowest BCUT2D eigenvalue weighted by Crippen LogP contribution is -2.08. The van der Waals surface area contributed by atoms with Gasteiger partial charge in [0.15, 0.2) is 0 Å². The molecule has 0 saturated carbocycles. The summed E-state index contributed by atoms with van der Waals surface area (Å²) in [4.78, 5) is 4.35. The SMILES string of the molecule is Cc1oc2c(cc3c(-c4ccccc4)cc4c5oc(C)c(C)c5cc5c(-c6ccccc6)cc2c3c54)c1C.c1ccc(-c2oc3c(cc4ccc5c6oc(-c7ccccc7)c(-c7ccccc7)c6cc6ccc3c4c65)c2-c2ccccc2)cc1.c1ccc(N(c2ccccc2)c2cc3cc4ccc5c6oc(N(c7ccccc7)c7ccccc7)cc6cc6ccc(c3o2)c4c65)cc1. The van der Waals surface area contributed by atoms with Gasteiger partial charge in [0.05, 0.1) is 0 Å². The third-order valence-corrected chi connectivity index (χ3v) is 27.3. The number of nitrogens with zero attached hydrogens (tertiary/aromatic N) is 2. The summed E-state index contributed by atoms with van der Waals surface area (Å²) in [6, 6.07) is 146. The number of hydrogen-bond acceptors (Lipinski definition) is 8. The van der Waals surface area contributed by atoms with Crippen molar-refractivity contribution in [2.24, 2.45) is 0 Å². The Bertz CT molecular complexity index is 8710. The molecule has 132 heavy (non-hydrogen) atoms. The van der Waals surface area contributed by atoms with Crippen LogP contribution in [0.1, 0.15) is 22.6 Å². The average Bonchev–Trinajstić information content (AvgIpc) is 1.14. The predicted molar refractivity (Wildman–Crippen MR) is 550 cm³/mol. The highest BCUT2D eigenvalue weighted by Gasteiger charge is 2.30. The molecule has 0 bridgehead atoms. The van der Waals surface area contributed by atoms with Crippen LogP contribution in [0, 0.1) is 27.7 Å². The highest BCUT2D eigenvalue weighted by Crippen LogP contribution is 2.55. The topological polar surface area (TPSA) is 85.3 Å². The first kappa shape index (κ1) is 76.1. The summed E-state index contributed by atoms with van der Waals surface area (Å²) in [5.74, 6) is 5.28. The first-order chi connectivity index (χ1) is 65.1. The minimum absolute atomic E-state index is 0.775. The van der Waals surface area contributed by atoms with Crippen LogP contribution in [0.4, 0.5) is 34.5 Å². The maximum atomic E-state index is 6.90. The van der Waals surface area contributed by atoms with Gasteiger partial charge in [-0.2, -0.15) is 0 Å². The fourth-order valence-corrected chi connectivity index (χ4v) is 21.1. The lowest BCUT2D eigenvalue weighted by Gasteiger charge is -2.22. The minimum Gasteiger partial charge on any atom is -0.460 e. The van der Waals surface area contributed by atoms with Gasteiger partial charge in [-0.3, -0.25) is 9.80 Å². The van der Waals surface area contributed by atoms with Crippen molar-refractivity contribution in [1.29, 1.82) is 0 Å². The highest BCUT2D eigenvalue weighted by molar-refractivity contribution is 6.38. The maximum absolute atomic E-state index is 6.90. The molecule has 0 N–H and O–H groups in total. The molecule has 0 atom stereocenters. The predicted octanol–water partition coefficient (Wildman–Crippen LogP) is 36.4. The number of anilines is 6. The third kappa shape index (κ3) is 12.0. The molecule has 22 aromatic carbocycles. The molecule has 0 aliphatic heterocycles. The fourth-order valence-electron chi connectivity index (χ4n) is 21.1. The summed E-state index contributed by atoms with van der Waals surface area (Å²) in [5.41, 5.74) is 23.6. The number of furan rings is 6. The third-order valence-electron chi connectivity index (χ3n) is 27.3. The Hall–Kier alpha value is -17.2. The summed E-state index contributed by atoms with van der Waals surface area (Å²) in [6.07, 6.45) is 0. The van der Waals surface area contributed by atoms with E-state index in [0.717, 1.165) is 178 Å². The van der Waals surface area contributed by atoms with E-state index >= 15 is 0 Å². The number of fused-ring (bicyclic) bond motifs is 12. The lowest BCUT2D eigenvalue weighted by molar-refractivity contribution is 0.577. The molecule has 8 nitrogen and oxygen atoms in total. The number of para-hydroxylation sites is 4. The van der Waals surface area contributed by atoms with E-state index in [1.54, 1.807) is 0 Å². The van der Waals surface area contributed by atoms with Gasteiger partial charge < -0.3 is 26.5 Å². The molecule has 0 radical (unpaired) electrons. The van der Waals surface area contributed by atoms with Crippen molar-refractivity contribution in [1.82, 2.24) is 0 Å². The van der Waals surface area contributed by atoms with Crippen LogP contribution in [0.25, 0.3) is 230 Å². The van der Waals surface area contributed by atoms with Gasteiger partial charge >= 0.3 is 0 Å². The van der Waals surface area contributed by atoms with Gasteiger partial charge in [0, 0.05) is 154 Å². The smallest absolute Gasteiger partial charge is 0.205 e. The van der Waals surface area contributed by atoms with Crippen LogP contribution in [0.5, 0.6) is 0 Å². The molecule has 0 aliphatic carbocycles. The van der Waals surface area contributed by atoms with Crippen LogP contribution in [0.3, 0.4) is 0 Å². The van der Waals surface area contributed by atoms with Gasteiger partial charge in [-0.25, -0.2) is 0 Å². The Morgan fingerprint density at radius 2 is 0.447 bits per heavy atom. The van der Waals surface area contributed by atoms with Gasteiger partial charge in [0.1, 0.15) is 56.5 Å². The molecular formula is C124H80N2O6. The fraction of sp³-hybridized carbons (Fsp3) is 0.0323. The molecule has 0 spiro atoms. The van der Waals surface area contributed by atoms with Crippen molar-refractivity contribution in [3.63, 3.8) is 0 Å². The average molecular weight is 1690 g/mol. The molecule has 28 rings (SSSR count). The highest BCUT2D eigenvalue weighted by atomic mass is 16.4. The summed E-state index contributed by atoms with van der Waals surface area (Å²) in [6.45, 7) is 8.46. The van der Waals surface area contributed by atoms with E-state index in [-0.39, 0.29) is 0 Å². The van der Waals surface area contributed by atoms with Crippen LogP contribution in [-0.4, -0.2) is 0 Å². The van der Waals surface area contributed by atoms with Crippen molar-refractivity contribution in [2.45, 2.75) is 27.7 Å². The molecule has 622 valence electrons. The summed E-state index contributed by atoms with van der Waals surface area (Å²) in [5, 5.41) is 28.0. The molecule has 6 aromatic heterocycles. The van der Waals surface area contributed by atoms with Crippen LogP contribution in [0.15, 0.2) is 439 Å². The van der Waals surface area contributed by atoms with Crippen molar-refractivity contribution in [2.75, 3.05) is 9.80 Å². The standard InChI is InChI=1S/C44H28N2O2.C44H26O2.C36H26O2/c1-5-13-33(14-6-1)45(34-15-7-2-8-16-34)39-27-31-25-29-22-24-38-42-30(21-23-37(41(29)42)43(31)47-39)26-32-28-40(48-44(32)38)46(35-17-9-3-10-18-35)36-19-11-4-12-20-36;1-5-13-27(14-6-1)39-35-25-31-21-24-34-38-32(22-23-33(37(31)38)43(35)45-41(39)29-17-9-3-10-18-29)26-36-40(28-15-7-2-8-16-28)42(46-44(34)36)30-19-11-4-12-20-30;1-19-21(3)37-35-25(19)15-29-27(23-11-7-5-8-12-23)18-32-34-30(16-26-20(2)22(4)38-36(26)32)28(17-31(35)33(29)34)24-13-9-6-10-14-24/h1-28H;1-26H;5-18H,1-4H3. The Balaban J connectivity index is 0.000000104. The van der Waals surface area contributed by atoms with Gasteiger partial charge in [-0.05, 0) is 226 Å². The maximum Gasteiger partial charge on any atom is 0.205 e. The first-order valence-electron chi connectivity index (χ1n) is 45.1. The van der Waals surface area contributed by atoms with Gasteiger partial charge in [-0.15, -0.1) is 0 Å². The minimum atomic E-state index is 0.775. The Morgan fingerprint density at radius 1 is 0.174 bits per heavy atom. The largest absolute Gasteiger partial charge is 0.460 e. The van der Waals surface area contributed by atoms with Gasteiger partial charge in [0.2, 0.25) is 11.8 Å². The van der Waals surface area contributed by atoms with E-state index < -0.39 is 0 Å². The zero-order valence-electron chi connectivity index (χ0n) is 72.6. The van der Waals surface area contributed by atoms with Crippen molar-refractivity contribution < 1.29 is 26.5 Å².